The van der Waals surface area contributed by atoms with Crippen molar-refractivity contribution in [2.75, 3.05) is 32.0 Å². The molecule has 1 spiro atoms. The molecule has 1 saturated carbocycles. The number of halogens is 1. The maximum absolute atomic E-state index is 14.0. The van der Waals surface area contributed by atoms with Crippen LogP contribution in [0.5, 0.6) is 0 Å². The standard InChI is InChI=1S/C29H39ClN4O4/c1-3-4-16-33(2)17-18-34-25(27(36)32-20-8-6-5-7-9-20)29-15-14-22(38-29)23(24(29)28(34)37)26(35)31-21-12-10-19(30)11-13-21/h10-15,20,22-25H,3-9,16-18H2,1-2H3,(H,31,35)(H,32,36)/t22-,23+,24-,25-,29-/m0/s1. The molecule has 3 heterocycles. The monoisotopic (exact) mass is 542 g/mol. The molecule has 2 bridgehead atoms. The van der Waals surface area contributed by atoms with E-state index in [-0.39, 0.29) is 23.8 Å². The Hall–Kier alpha value is -2.42. The predicted octanol–water partition coefficient (Wildman–Crippen LogP) is 3.61. The number of rotatable bonds is 10. The largest absolute Gasteiger partial charge is 0.359 e. The summed E-state index contributed by atoms with van der Waals surface area (Å²) in [6.45, 7) is 4.14. The first-order chi connectivity index (χ1) is 18.3. The van der Waals surface area contributed by atoms with E-state index < -0.39 is 29.6 Å². The molecule has 2 saturated heterocycles. The zero-order valence-corrected chi connectivity index (χ0v) is 23.1. The number of nitrogens with one attached hydrogen (secondary N) is 2. The molecule has 0 unspecified atom stereocenters. The molecule has 0 aromatic heterocycles. The molecule has 4 aliphatic rings. The van der Waals surface area contributed by atoms with E-state index in [1.165, 1.54) is 6.42 Å². The molecular formula is C29H39ClN4O4. The van der Waals surface area contributed by atoms with E-state index in [0.29, 0.717) is 23.8 Å². The second kappa shape index (κ2) is 11.4. The number of likely N-dealkylation sites (tertiary alicyclic amines) is 1. The smallest absolute Gasteiger partial charge is 0.246 e. The van der Waals surface area contributed by atoms with Crippen LogP contribution in [0.2, 0.25) is 5.02 Å². The summed E-state index contributed by atoms with van der Waals surface area (Å²) in [5, 5.41) is 6.75. The van der Waals surface area contributed by atoms with Gasteiger partial charge in [0.25, 0.3) is 0 Å². The highest BCUT2D eigenvalue weighted by Crippen LogP contribution is 2.55. The molecule has 1 aromatic rings. The Balaban J connectivity index is 1.39. The van der Waals surface area contributed by atoms with Crippen LogP contribution >= 0.6 is 11.6 Å². The Morgan fingerprint density at radius 2 is 1.87 bits per heavy atom. The number of carbonyl (C=O) groups excluding carboxylic acids is 3. The lowest BCUT2D eigenvalue weighted by Gasteiger charge is -2.34. The number of nitrogens with zero attached hydrogens (tertiary/aromatic N) is 2. The van der Waals surface area contributed by atoms with Gasteiger partial charge in [0, 0.05) is 29.8 Å². The second-order valence-corrected chi connectivity index (χ2v) is 11.7. The lowest BCUT2D eigenvalue weighted by Crippen LogP contribution is -2.57. The van der Waals surface area contributed by atoms with Crippen LogP contribution in [0.15, 0.2) is 36.4 Å². The minimum absolute atomic E-state index is 0.113. The topological polar surface area (TPSA) is 91.0 Å². The molecule has 5 rings (SSSR count). The molecule has 1 aromatic carbocycles. The van der Waals surface area contributed by atoms with Crippen molar-refractivity contribution in [2.45, 2.75) is 75.7 Å². The number of amides is 3. The molecule has 2 N–H and O–H groups in total. The predicted molar refractivity (Wildman–Crippen MR) is 147 cm³/mol. The third-order valence-corrected chi connectivity index (χ3v) is 8.86. The van der Waals surface area contributed by atoms with Gasteiger partial charge >= 0.3 is 0 Å². The lowest BCUT2D eigenvalue weighted by molar-refractivity contribution is -0.141. The summed E-state index contributed by atoms with van der Waals surface area (Å²) in [7, 11) is 2.04. The number of fused-ring (bicyclic) bond motifs is 1. The molecule has 5 atom stereocenters. The van der Waals surface area contributed by atoms with Crippen LogP contribution < -0.4 is 10.6 Å². The van der Waals surface area contributed by atoms with Crippen LogP contribution in [0.4, 0.5) is 5.69 Å². The molecule has 3 fully saturated rings. The molecule has 9 heteroatoms. The SMILES string of the molecule is CCCCN(C)CCN1C(=O)[C@@H]2[C@H](C(=O)Nc3ccc(Cl)cc3)[C@@H]3C=C[C@@]2(O3)[C@@H]1C(=O)NC1CCCCC1. The number of hydrogen-bond acceptors (Lipinski definition) is 5. The van der Waals surface area contributed by atoms with E-state index in [1.807, 2.05) is 19.2 Å². The fraction of sp³-hybridized carbons (Fsp3) is 0.621. The van der Waals surface area contributed by atoms with Crippen LogP contribution in [0.3, 0.4) is 0 Å². The van der Waals surface area contributed by atoms with Gasteiger partial charge in [-0.25, -0.2) is 0 Å². The van der Waals surface area contributed by atoms with Gasteiger partial charge in [-0.1, -0.05) is 56.4 Å². The molecule has 0 radical (unpaired) electrons. The van der Waals surface area contributed by atoms with Crippen LogP contribution in [0, 0.1) is 11.8 Å². The summed E-state index contributed by atoms with van der Waals surface area (Å²) >= 11 is 6.00. The van der Waals surface area contributed by atoms with E-state index in [1.54, 1.807) is 29.2 Å². The van der Waals surface area contributed by atoms with Crippen molar-refractivity contribution in [1.82, 2.24) is 15.1 Å². The summed E-state index contributed by atoms with van der Waals surface area (Å²) in [4.78, 5) is 45.3. The molecule has 8 nitrogen and oxygen atoms in total. The van der Waals surface area contributed by atoms with Crippen LogP contribution in [0.25, 0.3) is 0 Å². The Labute approximate surface area is 230 Å². The van der Waals surface area contributed by atoms with Crippen molar-refractivity contribution in [3.05, 3.63) is 41.4 Å². The maximum Gasteiger partial charge on any atom is 0.246 e. The maximum atomic E-state index is 14.0. The van der Waals surface area contributed by atoms with E-state index in [0.717, 1.165) is 45.1 Å². The quantitative estimate of drug-likeness (QED) is 0.441. The van der Waals surface area contributed by atoms with Crippen LogP contribution in [-0.2, 0) is 19.1 Å². The third kappa shape index (κ3) is 5.10. The highest BCUT2D eigenvalue weighted by atomic mass is 35.5. The van der Waals surface area contributed by atoms with Crippen molar-refractivity contribution in [3.8, 4) is 0 Å². The molecule has 38 heavy (non-hydrogen) atoms. The number of likely N-dealkylation sites (N-methyl/N-ethyl adjacent to an activating group) is 1. The zero-order valence-electron chi connectivity index (χ0n) is 22.3. The Bertz CT molecular complexity index is 1070. The summed E-state index contributed by atoms with van der Waals surface area (Å²) < 4.78 is 6.44. The third-order valence-electron chi connectivity index (χ3n) is 8.60. The van der Waals surface area contributed by atoms with Gasteiger partial charge in [0.1, 0.15) is 11.6 Å². The Morgan fingerprint density at radius 1 is 1.13 bits per heavy atom. The minimum atomic E-state index is -1.13. The fourth-order valence-electron chi connectivity index (χ4n) is 6.61. The van der Waals surface area contributed by atoms with Crippen LogP contribution in [-0.4, -0.2) is 78.0 Å². The van der Waals surface area contributed by atoms with E-state index in [9.17, 15) is 14.4 Å². The van der Waals surface area contributed by atoms with Gasteiger partial charge in [-0.05, 0) is 57.1 Å². The summed E-state index contributed by atoms with van der Waals surface area (Å²) in [6.07, 6.45) is 10.6. The van der Waals surface area contributed by atoms with Crippen LogP contribution in [0.1, 0.15) is 51.9 Å². The van der Waals surface area contributed by atoms with Gasteiger partial charge in [-0.2, -0.15) is 0 Å². The highest BCUT2D eigenvalue weighted by Gasteiger charge is 2.72. The number of benzene rings is 1. The second-order valence-electron chi connectivity index (χ2n) is 11.2. The van der Waals surface area contributed by atoms with Crippen molar-refractivity contribution in [2.24, 2.45) is 11.8 Å². The Kier molecular flexibility index (Phi) is 8.12. The van der Waals surface area contributed by atoms with Gasteiger partial charge in [-0.15, -0.1) is 0 Å². The van der Waals surface area contributed by atoms with Gasteiger partial charge < -0.3 is 25.2 Å². The first-order valence-electron chi connectivity index (χ1n) is 14.1. The highest BCUT2D eigenvalue weighted by molar-refractivity contribution is 6.30. The normalized spacial score (nSPS) is 30.2. The molecular weight excluding hydrogens is 504 g/mol. The van der Waals surface area contributed by atoms with Gasteiger partial charge in [0.15, 0.2) is 0 Å². The summed E-state index contributed by atoms with van der Waals surface area (Å²) in [6, 6.07) is 6.20. The molecule has 3 amide bonds. The fourth-order valence-corrected chi connectivity index (χ4v) is 6.74. The van der Waals surface area contributed by atoms with Gasteiger partial charge in [0.2, 0.25) is 17.7 Å². The average molecular weight is 543 g/mol. The van der Waals surface area contributed by atoms with Gasteiger partial charge in [-0.3, -0.25) is 14.4 Å². The zero-order chi connectivity index (χ0) is 26.9. The number of anilines is 1. The number of unbranched alkanes of at least 4 members (excludes halogenated alkanes) is 1. The first kappa shape index (κ1) is 27.2. The molecule has 3 aliphatic heterocycles. The van der Waals surface area contributed by atoms with Crippen molar-refractivity contribution >= 4 is 35.0 Å². The summed E-state index contributed by atoms with van der Waals surface area (Å²) in [5.41, 5.74) is -0.531. The van der Waals surface area contributed by atoms with Crippen molar-refractivity contribution in [3.63, 3.8) is 0 Å². The number of ether oxygens (including phenoxy) is 1. The van der Waals surface area contributed by atoms with E-state index in [4.69, 9.17) is 16.3 Å². The van der Waals surface area contributed by atoms with E-state index in [2.05, 4.69) is 22.5 Å². The molecule has 206 valence electrons. The Morgan fingerprint density at radius 3 is 2.58 bits per heavy atom. The number of hydrogen-bond donors (Lipinski definition) is 2. The number of carbonyl (C=O) groups is 3. The minimum Gasteiger partial charge on any atom is -0.359 e. The molecule has 1 aliphatic carbocycles. The first-order valence-corrected chi connectivity index (χ1v) is 14.4. The average Bonchev–Trinajstić information content (AvgIpc) is 3.55. The van der Waals surface area contributed by atoms with Gasteiger partial charge in [0.05, 0.1) is 17.9 Å². The summed E-state index contributed by atoms with van der Waals surface area (Å²) in [5.74, 6) is -2.09. The van der Waals surface area contributed by atoms with Crippen molar-refractivity contribution in [1.29, 1.82) is 0 Å². The van der Waals surface area contributed by atoms with E-state index >= 15 is 0 Å². The lowest BCUT2D eigenvalue weighted by atomic mass is 9.74. The van der Waals surface area contributed by atoms with Crippen molar-refractivity contribution < 1.29 is 19.1 Å².